The van der Waals surface area contributed by atoms with Gasteiger partial charge in [-0.25, -0.2) is 13.7 Å². The smallest absolute Gasteiger partial charge is 0.282 e. The minimum absolute atomic E-state index is 0.0318. The zero-order valence-electron chi connectivity index (χ0n) is 15.6. The normalized spacial score (nSPS) is 14.1. The molecule has 1 aromatic heterocycles. The van der Waals surface area contributed by atoms with Gasteiger partial charge in [0.15, 0.2) is 11.6 Å². The first-order valence-corrected chi connectivity index (χ1v) is 9.71. The summed E-state index contributed by atoms with van der Waals surface area (Å²) in [6, 6.07) is 12.1. The van der Waals surface area contributed by atoms with E-state index in [9.17, 15) is 18.4 Å². The van der Waals surface area contributed by atoms with Crippen molar-refractivity contribution in [2.45, 2.75) is 13.8 Å². The van der Waals surface area contributed by atoms with Crippen LogP contribution in [0.4, 0.5) is 20.2 Å². The fourth-order valence-corrected chi connectivity index (χ4v) is 3.98. The van der Waals surface area contributed by atoms with E-state index >= 15 is 0 Å². The van der Waals surface area contributed by atoms with Crippen molar-refractivity contribution in [2.24, 2.45) is 0 Å². The lowest BCUT2D eigenvalue weighted by atomic mass is 10.1. The molecule has 1 aliphatic heterocycles. The lowest BCUT2D eigenvalue weighted by Crippen LogP contribution is -2.33. The highest BCUT2D eigenvalue weighted by Crippen LogP contribution is 2.37. The van der Waals surface area contributed by atoms with Crippen LogP contribution in [0.5, 0.6) is 0 Å². The van der Waals surface area contributed by atoms with Crippen molar-refractivity contribution in [1.82, 2.24) is 0 Å². The van der Waals surface area contributed by atoms with Crippen molar-refractivity contribution in [3.05, 3.63) is 87.2 Å². The van der Waals surface area contributed by atoms with Gasteiger partial charge in [-0.3, -0.25) is 9.59 Å². The molecule has 2 amide bonds. The third-order valence-corrected chi connectivity index (χ3v) is 5.74. The van der Waals surface area contributed by atoms with Gasteiger partial charge in [0.25, 0.3) is 11.8 Å². The van der Waals surface area contributed by atoms with Crippen LogP contribution >= 0.6 is 11.3 Å². The number of amides is 2. The largest absolute Gasteiger partial charge is 0.350 e. The van der Waals surface area contributed by atoms with Gasteiger partial charge < -0.3 is 5.32 Å². The minimum atomic E-state index is -1.04. The lowest BCUT2D eigenvalue weighted by Gasteiger charge is -2.19. The van der Waals surface area contributed by atoms with Gasteiger partial charge in [-0.15, -0.1) is 11.3 Å². The van der Waals surface area contributed by atoms with Crippen LogP contribution in [0.25, 0.3) is 5.57 Å². The van der Waals surface area contributed by atoms with Gasteiger partial charge >= 0.3 is 0 Å². The molecule has 0 bridgehead atoms. The average molecular weight is 410 g/mol. The fourth-order valence-electron chi connectivity index (χ4n) is 3.21. The van der Waals surface area contributed by atoms with Gasteiger partial charge in [-0.2, -0.15) is 0 Å². The third-order valence-electron chi connectivity index (χ3n) is 4.86. The first-order valence-electron chi connectivity index (χ1n) is 8.83. The van der Waals surface area contributed by atoms with Gasteiger partial charge in [-0.05, 0) is 54.6 Å². The Morgan fingerprint density at radius 2 is 1.72 bits per heavy atom. The summed E-state index contributed by atoms with van der Waals surface area (Å²) >= 11 is 1.32. The van der Waals surface area contributed by atoms with E-state index in [-0.39, 0.29) is 17.0 Å². The Balaban J connectivity index is 1.83. The standard InChI is InChI=1S/C22H16F2N2O2S/c1-12-5-3-6-17(13(12)2)26-21(27)19(18-7-4-10-29-18)20(22(26)28)25-14-8-9-15(23)16(24)11-14/h3-11,25H,1-2H3. The molecule has 4 rings (SSSR count). The van der Waals surface area contributed by atoms with Gasteiger partial charge in [0.1, 0.15) is 5.70 Å². The van der Waals surface area contributed by atoms with E-state index in [1.54, 1.807) is 29.6 Å². The van der Waals surface area contributed by atoms with E-state index in [0.717, 1.165) is 28.2 Å². The summed E-state index contributed by atoms with van der Waals surface area (Å²) in [5.74, 6) is -3.04. The number of imide groups is 1. The number of benzene rings is 2. The first-order chi connectivity index (χ1) is 13.9. The molecule has 29 heavy (non-hydrogen) atoms. The van der Waals surface area contributed by atoms with Crippen LogP contribution in [-0.4, -0.2) is 11.8 Å². The summed E-state index contributed by atoms with van der Waals surface area (Å²) in [5.41, 5.74) is 2.67. The maximum Gasteiger partial charge on any atom is 0.282 e. The Morgan fingerprint density at radius 1 is 0.931 bits per heavy atom. The molecule has 146 valence electrons. The Bertz CT molecular complexity index is 1170. The predicted octanol–water partition coefficient (Wildman–Crippen LogP) is 5.04. The van der Waals surface area contributed by atoms with Gasteiger partial charge in [0, 0.05) is 16.6 Å². The van der Waals surface area contributed by atoms with Crippen LogP contribution in [-0.2, 0) is 9.59 Å². The molecule has 4 nitrogen and oxygen atoms in total. The summed E-state index contributed by atoms with van der Waals surface area (Å²) < 4.78 is 26.9. The van der Waals surface area contributed by atoms with Crippen LogP contribution in [0.2, 0.25) is 0 Å². The molecule has 0 unspecified atom stereocenters. The topological polar surface area (TPSA) is 49.4 Å². The van der Waals surface area contributed by atoms with Gasteiger partial charge in [0.2, 0.25) is 0 Å². The molecule has 0 aliphatic carbocycles. The van der Waals surface area contributed by atoms with Crippen molar-refractivity contribution >= 4 is 40.1 Å². The molecule has 0 fully saturated rings. The number of rotatable bonds is 4. The van der Waals surface area contributed by atoms with Gasteiger partial charge in [-0.1, -0.05) is 18.2 Å². The number of aryl methyl sites for hydroxylation is 1. The highest BCUT2D eigenvalue weighted by Gasteiger charge is 2.41. The Labute approximate surface area is 170 Å². The van der Waals surface area contributed by atoms with Crippen LogP contribution in [0.15, 0.2) is 59.6 Å². The monoisotopic (exact) mass is 410 g/mol. The number of halogens is 2. The fraction of sp³-hybridized carbons (Fsp3) is 0.0909. The van der Waals surface area contributed by atoms with E-state index in [4.69, 9.17) is 0 Å². The second-order valence-electron chi connectivity index (χ2n) is 6.65. The Morgan fingerprint density at radius 3 is 2.41 bits per heavy atom. The average Bonchev–Trinajstić information content (AvgIpc) is 3.28. The van der Waals surface area contributed by atoms with Crippen molar-refractivity contribution in [3.63, 3.8) is 0 Å². The Hall–Kier alpha value is -3.32. The summed E-state index contributed by atoms with van der Waals surface area (Å²) in [5, 5.41) is 4.63. The summed E-state index contributed by atoms with van der Waals surface area (Å²) in [7, 11) is 0. The molecule has 0 atom stereocenters. The first kappa shape index (κ1) is 19.0. The molecule has 3 aromatic rings. The molecule has 0 spiro atoms. The number of thiophene rings is 1. The number of anilines is 2. The molecule has 2 heterocycles. The van der Waals surface area contributed by atoms with Crippen molar-refractivity contribution < 1.29 is 18.4 Å². The van der Waals surface area contributed by atoms with Crippen molar-refractivity contribution in [2.75, 3.05) is 10.2 Å². The molecule has 1 N–H and O–H groups in total. The highest BCUT2D eigenvalue weighted by atomic mass is 32.1. The number of carbonyl (C=O) groups excluding carboxylic acids is 2. The van der Waals surface area contributed by atoms with Gasteiger partial charge in [0.05, 0.1) is 11.3 Å². The molecule has 0 radical (unpaired) electrons. The van der Waals surface area contributed by atoms with Crippen molar-refractivity contribution in [1.29, 1.82) is 0 Å². The molecular formula is C22H16F2N2O2S. The SMILES string of the molecule is Cc1cccc(N2C(=O)C(Nc3ccc(F)c(F)c3)=C(c3cccs3)C2=O)c1C. The van der Waals surface area contributed by atoms with Crippen molar-refractivity contribution in [3.8, 4) is 0 Å². The molecule has 0 saturated heterocycles. The van der Waals surface area contributed by atoms with E-state index < -0.39 is 23.4 Å². The van der Waals surface area contributed by atoms with Crippen LogP contribution < -0.4 is 10.2 Å². The maximum atomic E-state index is 13.6. The molecule has 0 saturated carbocycles. The van der Waals surface area contributed by atoms with Crippen LogP contribution in [0, 0.1) is 25.5 Å². The van der Waals surface area contributed by atoms with E-state index in [2.05, 4.69) is 5.32 Å². The van der Waals surface area contributed by atoms with Crippen LogP contribution in [0.3, 0.4) is 0 Å². The minimum Gasteiger partial charge on any atom is -0.350 e. The second-order valence-corrected chi connectivity index (χ2v) is 7.59. The predicted molar refractivity (Wildman–Crippen MR) is 110 cm³/mol. The Kier molecular flexibility index (Phi) is 4.76. The molecule has 2 aromatic carbocycles. The number of hydrogen-bond acceptors (Lipinski definition) is 4. The van der Waals surface area contributed by atoms with Crippen LogP contribution in [0.1, 0.15) is 16.0 Å². The van der Waals surface area contributed by atoms with E-state index in [1.807, 2.05) is 19.9 Å². The number of carbonyl (C=O) groups is 2. The molecule has 1 aliphatic rings. The number of nitrogens with zero attached hydrogens (tertiary/aromatic N) is 1. The third kappa shape index (κ3) is 3.23. The quantitative estimate of drug-likeness (QED) is 0.613. The lowest BCUT2D eigenvalue weighted by molar-refractivity contribution is -0.120. The van der Waals surface area contributed by atoms with E-state index in [0.29, 0.717) is 10.6 Å². The molecule has 7 heteroatoms. The highest BCUT2D eigenvalue weighted by molar-refractivity contribution is 7.11. The summed E-state index contributed by atoms with van der Waals surface area (Å²) in [6.45, 7) is 3.74. The zero-order valence-corrected chi connectivity index (χ0v) is 16.4. The molecular weight excluding hydrogens is 394 g/mol. The van der Waals surface area contributed by atoms with E-state index in [1.165, 1.54) is 17.4 Å². The number of hydrogen-bond donors (Lipinski definition) is 1. The zero-order chi connectivity index (χ0) is 20.7. The number of nitrogens with one attached hydrogen (secondary N) is 1. The second kappa shape index (κ2) is 7.25. The summed E-state index contributed by atoms with van der Waals surface area (Å²) in [6.07, 6.45) is 0. The maximum absolute atomic E-state index is 13.6. The summed E-state index contributed by atoms with van der Waals surface area (Å²) in [4.78, 5) is 28.3.